The quantitative estimate of drug-likeness (QED) is 0.823. The summed E-state index contributed by atoms with van der Waals surface area (Å²) in [6.07, 6.45) is 3.23. The molecular formula is C12H16N2O2. The van der Waals surface area contributed by atoms with Crippen LogP contribution in [0.2, 0.25) is 0 Å². The molecule has 1 aromatic rings. The van der Waals surface area contributed by atoms with Crippen LogP contribution in [0.25, 0.3) is 0 Å². The van der Waals surface area contributed by atoms with Crippen molar-refractivity contribution in [3.63, 3.8) is 0 Å². The first-order chi connectivity index (χ1) is 7.63. The average molecular weight is 220 g/mol. The summed E-state index contributed by atoms with van der Waals surface area (Å²) in [5.41, 5.74) is 0. The number of rotatable bonds is 5. The highest BCUT2D eigenvalue weighted by molar-refractivity contribution is 5.80. The summed E-state index contributed by atoms with van der Waals surface area (Å²) < 4.78 is 5.19. The zero-order valence-corrected chi connectivity index (χ0v) is 9.56. The fraction of sp³-hybridized carbons (Fsp3) is 0.500. The van der Waals surface area contributed by atoms with Crippen LogP contribution in [0.15, 0.2) is 22.8 Å². The minimum Gasteiger partial charge on any atom is -0.469 e. The molecule has 1 N–H and O–H groups in total. The van der Waals surface area contributed by atoms with Crippen LogP contribution in [0.5, 0.6) is 0 Å². The van der Waals surface area contributed by atoms with Gasteiger partial charge in [-0.25, -0.2) is 0 Å². The summed E-state index contributed by atoms with van der Waals surface area (Å²) >= 11 is 0. The molecule has 2 atom stereocenters. The third-order valence-corrected chi connectivity index (χ3v) is 2.38. The Morgan fingerprint density at radius 2 is 2.38 bits per heavy atom. The van der Waals surface area contributed by atoms with Crippen molar-refractivity contribution in [3.8, 4) is 6.07 Å². The number of furan rings is 1. The lowest BCUT2D eigenvalue weighted by atomic mass is 10.1. The van der Waals surface area contributed by atoms with E-state index in [0.717, 1.165) is 18.6 Å². The molecule has 86 valence electrons. The molecule has 16 heavy (non-hydrogen) atoms. The van der Waals surface area contributed by atoms with Gasteiger partial charge in [-0.3, -0.25) is 4.79 Å². The van der Waals surface area contributed by atoms with E-state index in [-0.39, 0.29) is 11.9 Å². The number of carbonyl (C=O) groups excluding carboxylic acids is 1. The molecule has 0 radical (unpaired) electrons. The number of hydrogen-bond acceptors (Lipinski definition) is 3. The van der Waals surface area contributed by atoms with E-state index in [2.05, 4.69) is 5.32 Å². The number of nitriles is 1. The summed E-state index contributed by atoms with van der Waals surface area (Å²) in [5.74, 6) is 0.106. The Balaban J connectivity index is 2.29. The van der Waals surface area contributed by atoms with Crippen molar-refractivity contribution in [2.75, 3.05) is 0 Å². The molecule has 0 bridgehead atoms. The zero-order chi connectivity index (χ0) is 12.0. The van der Waals surface area contributed by atoms with Gasteiger partial charge < -0.3 is 9.73 Å². The molecule has 1 aromatic heterocycles. The molecule has 1 rings (SSSR count). The Kier molecular flexibility index (Phi) is 4.59. The second kappa shape index (κ2) is 5.96. The molecule has 0 aromatic carbocycles. The van der Waals surface area contributed by atoms with Crippen LogP contribution in [-0.2, 0) is 11.2 Å². The zero-order valence-electron chi connectivity index (χ0n) is 9.56. The van der Waals surface area contributed by atoms with E-state index in [0.29, 0.717) is 0 Å². The molecule has 2 unspecified atom stereocenters. The second-order valence-electron chi connectivity index (χ2n) is 3.88. The topological polar surface area (TPSA) is 66.0 Å². The van der Waals surface area contributed by atoms with E-state index in [9.17, 15) is 4.79 Å². The third kappa shape index (κ3) is 3.77. The van der Waals surface area contributed by atoms with Crippen molar-refractivity contribution >= 4 is 5.91 Å². The molecule has 4 heteroatoms. The summed E-state index contributed by atoms with van der Waals surface area (Å²) in [7, 11) is 0. The summed E-state index contributed by atoms with van der Waals surface area (Å²) in [4.78, 5) is 11.4. The Bertz CT molecular complexity index is 365. The Labute approximate surface area is 95.2 Å². The Morgan fingerprint density at radius 3 is 2.94 bits per heavy atom. The second-order valence-corrected chi connectivity index (χ2v) is 3.88. The molecule has 1 heterocycles. The van der Waals surface area contributed by atoms with Crippen LogP contribution in [-0.4, -0.2) is 11.9 Å². The molecule has 0 spiro atoms. The lowest BCUT2D eigenvalue weighted by Gasteiger charge is -2.13. The van der Waals surface area contributed by atoms with E-state index in [1.807, 2.05) is 25.1 Å². The molecule has 0 aliphatic rings. The maximum atomic E-state index is 11.4. The third-order valence-electron chi connectivity index (χ3n) is 2.38. The van der Waals surface area contributed by atoms with E-state index in [1.165, 1.54) is 0 Å². The molecular weight excluding hydrogens is 204 g/mol. The Hall–Kier alpha value is -1.76. The Morgan fingerprint density at radius 1 is 1.62 bits per heavy atom. The first-order valence-electron chi connectivity index (χ1n) is 5.36. The fourth-order valence-electron chi connectivity index (χ4n) is 1.31. The van der Waals surface area contributed by atoms with Crippen molar-refractivity contribution < 1.29 is 9.21 Å². The van der Waals surface area contributed by atoms with Gasteiger partial charge in [0.15, 0.2) is 0 Å². The van der Waals surface area contributed by atoms with Crippen molar-refractivity contribution in [3.05, 3.63) is 24.2 Å². The van der Waals surface area contributed by atoms with Crippen LogP contribution in [0.1, 0.15) is 26.0 Å². The van der Waals surface area contributed by atoms with Gasteiger partial charge in [-0.15, -0.1) is 0 Å². The molecule has 0 saturated carbocycles. The number of aryl methyl sites for hydroxylation is 1. The van der Waals surface area contributed by atoms with Crippen molar-refractivity contribution in [2.24, 2.45) is 5.92 Å². The standard InChI is InChI=1S/C12H16N2O2/c1-9(8-13)12(15)14-10(2)5-6-11-4-3-7-16-11/h3-4,7,9-10H,5-6H2,1-2H3,(H,14,15). The van der Waals surface area contributed by atoms with Crippen LogP contribution >= 0.6 is 0 Å². The summed E-state index contributed by atoms with van der Waals surface area (Å²) in [6.45, 7) is 3.51. The minimum atomic E-state index is -0.592. The normalized spacial score (nSPS) is 13.8. The van der Waals surface area contributed by atoms with Crippen LogP contribution < -0.4 is 5.32 Å². The predicted octanol–water partition coefficient (Wildman–Crippen LogP) is 1.88. The van der Waals surface area contributed by atoms with E-state index in [1.54, 1.807) is 13.2 Å². The number of amides is 1. The summed E-state index contributed by atoms with van der Waals surface area (Å²) in [5, 5.41) is 11.4. The minimum absolute atomic E-state index is 0.0494. The van der Waals surface area contributed by atoms with Crippen molar-refractivity contribution in [1.82, 2.24) is 5.32 Å². The van der Waals surface area contributed by atoms with Gasteiger partial charge in [0.25, 0.3) is 0 Å². The first kappa shape index (κ1) is 12.3. The van der Waals surface area contributed by atoms with Gasteiger partial charge >= 0.3 is 0 Å². The maximum Gasteiger partial charge on any atom is 0.237 e. The highest BCUT2D eigenvalue weighted by Gasteiger charge is 2.14. The highest BCUT2D eigenvalue weighted by Crippen LogP contribution is 2.06. The van der Waals surface area contributed by atoms with Gasteiger partial charge in [0.1, 0.15) is 11.7 Å². The smallest absolute Gasteiger partial charge is 0.237 e. The first-order valence-corrected chi connectivity index (χ1v) is 5.36. The number of nitrogens with one attached hydrogen (secondary N) is 1. The van der Waals surface area contributed by atoms with Gasteiger partial charge in [-0.2, -0.15) is 5.26 Å². The molecule has 0 fully saturated rings. The van der Waals surface area contributed by atoms with Crippen molar-refractivity contribution in [2.45, 2.75) is 32.7 Å². The molecule has 0 aliphatic heterocycles. The van der Waals surface area contributed by atoms with E-state index in [4.69, 9.17) is 9.68 Å². The van der Waals surface area contributed by atoms with Crippen LogP contribution in [0, 0.1) is 17.2 Å². The van der Waals surface area contributed by atoms with Gasteiger partial charge in [0, 0.05) is 12.5 Å². The highest BCUT2D eigenvalue weighted by atomic mass is 16.3. The number of carbonyl (C=O) groups is 1. The lowest BCUT2D eigenvalue weighted by molar-refractivity contribution is -0.123. The van der Waals surface area contributed by atoms with Crippen LogP contribution in [0.4, 0.5) is 0 Å². The SMILES string of the molecule is CC(CCc1ccco1)NC(=O)C(C)C#N. The van der Waals surface area contributed by atoms with Gasteiger partial charge in [0.05, 0.1) is 12.3 Å². The molecule has 4 nitrogen and oxygen atoms in total. The number of nitrogens with zero attached hydrogens (tertiary/aromatic N) is 1. The average Bonchev–Trinajstić information content (AvgIpc) is 2.78. The van der Waals surface area contributed by atoms with Gasteiger partial charge in [-0.1, -0.05) is 0 Å². The van der Waals surface area contributed by atoms with Gasteiger partial charge in [-0.05, 0) is 32.4 Å². The van der Waals surface area contributed by atoms with Gasteiger partial charge in [0.2, 0.25) is 5.91 Å². The van der Waals surface area contributed by atoms with E-state index < -0.39 is 5.92 Å². The van der Waals surface area contributed by atoms with Crippen molar-refractivity contribution in [1.29, 1.82) is 5.26 Å². The lowest BCUT2D eigenvalue weighted by Crippen LogP contribution is -2.36. The molecule has 1 amide bonds. The fourth-order valence-corrected chi connectivity index (χ4v) is 1.31. The van der Waals surface area contributed by atoms with Crippen LogP contribution in [0.3, 0.4) is 0 Å². The molecule has 0 saturated heterocycles. The monoisotopic (exact) mass is 220 g/mol. The maximum absolute atomic E-state index is 11.4. The number of hydrogen-bond donors (Lipinski definition) is 1. The van der Waals surface area contributed by atoms with E-state index >= 15 is 0 Å². The summed E-state index contributed by atoms with van der Waals surface area (Å²) in [6, 6.07) is 5.71. The largest absolute Gasteiger partial charge is 0.469 e. The predicted molar refractivity (Wildman–Crippen MR) is 59.4 cm³/mol. The molecule has 0 aliphatic carbocycles.